The number of fused-ring (bicyclic) bond motifs is 1. The van der Waals surface area contributed by atoms with E-state index in [1.807, 2.05) is 4.90 Å². The van der Waals surface area contributed by atoms with Gasteiger partial charge in [0.05, 0.1) is 6.10 Å². The monoisotopic (exact) mass is 384 g/mol. The molecule has 2 aliphatic carbocycles. The quantitative estimate of drug-likeness (QED) is 0.817. The van der Waals surface area contributed by atoms with E-state index in [4.69, 9.17) is 4.98 Å². The van der Waals surface area contributed by atoms with Gasteiger partial charge in [0.2, 0.25) is 5.91 Å². The Bertz CT molecular complexity index is 892. The summed E-state index contributed by atoms with van der Waals surface area (Å²) in [6.45, 7) is 4.44. The van der Waals surface area contributed by atoms with Gasteiger partial charge in [-0.2, -0.15) is 0 Å². The maximum absolute atomic E-state index is 12.3. The Hall–Kier alpha value is -2.22. The minimum absolute atomic E-state index is 0.198. The number of hydrogen-bond donors (Lipinski definition) is 2. The summed E-state index contributed by atoms with van der Waals surface area (Å²) in [5.41, 5.74) is 1.65. The molecular formula is C20H28N6O2. The van der Waals surface area contributed by atoms with Crippen molar-refractivity contribution in [2.75, 3.05) is 18.4 Å². The summed E-state index contributed by atoms with van der Waals surface area (Å²) >= 11 is 0. The molecule has 0 radical (unpaired) electrons. The molecule has 2 aromatic rings. The van der Waals surface area contributed by atoms with E-state index >= 15 is 0 Å². The predicted molar refractivity (Wildman–Crippen MR) is 105 cm³/mol. The zero-order valence-electron chi connectivity index (χ0n) is 16.3. The van der Waals surface area contributed by atoms with Crippen molar-refractivity contribution in [3.05, 3.63) is 12.2 Å². The second-order valence-corrected chi connectivity index (χ2v) is 8.46. The van der Waals surface area contributed by atoms with Gasteiger partial charge < -0.3 is 19.9 Å². The summed E-state index contributed by atoms with van der Waals surface area (Å²) in [4.78, 5) is 28.2. The van der Waals surface area contributed by atoms with Gasteiger partial charge in [-0.3, -0.25) is 4.79 Å². The summed E-state index contributed by atoms with van der Waals surface area (Å²) in [6.07, 6.45) is 6.95. The number of carbonyl (C=O) groups excluding carboxylic acids is 1. The third kappa shape index (κ3) is 3.13. The fourth-order valence-corrected chi connectivity index (χ4v) is 4.73. The van der Waals surface area contributed by atoms with Crippen molar-refractivity contribution in [1.29, 1.82) is 0 Å². The molecule has 28 heavy (non-hydrogen) atoms. The number of aromatic nitrogens is 4. The fourth-order valence-electron chi connectivity index (χ4n) is 4.73. The summed E-state index contributed by atoms with van der Waals surface area (Å²) < 4.78 is 2.16. The van der Waals surface area contributed by atoms with Crippen LogP contribution in [0.1, 0.15) is 57.2 Å². The summed E-state index contributed by atoms with van der Waals surface area (Å²) in [5, 5.41) is 13.5. The van der Waals surface area contributed by atoms with Crippen molar-refractivity contribution >= 4 is 22.9 Å². The summed E-state index contributed by atoms with van der Waals surface area (Å²) in [6, 6.07) is 0.198. The zero-order chi connectivity index (χ0) is 19.3. The molecule has 5 rings (SSSR count). The number of anilines is 1. The molecule has 1 aliphatic heterocycles. The van der Waals surface area contributed by atoms with Gasteiger partial charge in [-0.05, 0) is 45.4 Å². The first-order valence-corrected chi connectivity index (χ1v) is 10.6. The first kappa shape index (κ1) is 17.8. The summed E-state index contributed by atoms with van der Waals surface area (Å²) in [7, 11) is 0. The van der Waals surface area contributed by atoms with Crippen molar-refractivity contribution in [1.82, 2.24) is 24.4 Å². The summed E-state index contributed by atoms with van der Waals surface area (Å²) in [5.74, 6) is 2.62. The number of aryl methyl sites for hydroxylation is 1. The van der Waals surface area contributed by atoms with Crippen LogP contribution in [0.2, 0.25) is 0 Å². The van der Waals surface area contributed by atoms with Gasteiger partial charge in [-0.1, -0.05) is 0 Å². The molecule has 3 aliphatic rings. The van der Waals surface area contributed by atoms with Crippen molar-refractivity contribution in [3.63, 3.8) is 0 Å². The Morgan fingerprint density at radius 3 is 2.82 bits per heavy atom. The molecular weight excluding hydrogens is 356 g/mol. The van der Waals surface area contributed by atoms with Gasteiger partial charge in [0.1, 0.15) is 12.2 Å². The lowest BCUT2D eigenvalue weighted by Crippen LogP contribution is -2.32. The maximum Gasteiger partial charge on any atom is 0.225 e. The highest BCUT2D eigenvalue weighted by atomic mass is 16.3. The average Bonchev–Trinajstić information content (AvgIpc) is 3.10. The molecule has 2 aromatic heterocycles. The topological polar surface area (TPSA) is 96.2 Å². The number of likely N-dealkylation sites (tertiary alicyclic amines) is 1. The van der Waals surface area contributed by atoms with Gasteiger partial charge in [0.25, 0.3) is 0 Å². The van der Waals surface area contributed by atoms with Gasteiger partial charge in [-0.15, -0.1) is 0 Å². The van der Waals surface area contributed by atoms with E-state index < -0.39 is 0 Å². The van der Waals surface area contributed by atoms with Crippen molar-refractivity contribution in [2.24, 2.45) is 5.92 Å². The van der Waals surface area contributed by atoms with Crippen LogP contribution in [-0.2, 0) is 11.3 Å². The van der Waals surface area contributed by atoms with Crippen LogP contribution in [0.3, 0.4) is 0 Å². The number of carbonyl (C=O) groups is 1. The second-order valence-electron chi connectivity index (χ2n) is 8.46. The molecule has 3 atom stereocenters. The highest BCUT2D eigenvalue weighted by Crippen LogP contribution is 2.36. The van der Waals surface area contributed by atoms with Crippen LogP contribution in [0, 0.1) is 5.92 Å². The minimum Gasteiger partial charge on any atom is -0.393 e. The molecule has 150 valence electrons. The van der Waals surface area contributed by atoms with E-state index in [1.165, 1.54) is 0 Å². The Labute approximate surface area is 164 Å². The molecule has 0 spiro atoms. The van der Waals surface area contributed by atoms with Crippen LogP contribution in [0.4, 0.5) is 5.82 Å². The first-order valence-electron chi connectivity index (χ1n) is 10.6. The normalized spacial score (nSPS) is 27.6. The first-order chi connectivity index (χ1) is 13.6. The van der Waals surface area contributed by atoms with Gasteiger partial charge in [-0.25, -0.2) is 15.0 Å². The fraction of sp³-hybridized carbons (Fsp3) is 0.700. The van der Waals surface area contributed by atoms with Crippen LogP contribution in [0.25, 0.3) is 11.2 Å². The van der Waals surface area contributed by atoms with Crippen LogP contribution >= 0.6 is 0 Å². The second kappa shape index (κ2) is 6.99. The number of nitrogens with zero attached hydrogens (tertiary/aromatic N) is 5. The Balaban J connectivity index is 1.39. The predicted octanol–water partition coefficient (Wildman–Crippen LogP) is 1.90. The molecule has 0 aromatic carbocycles. The average molecular weight is 384 g/mol. The number of imidazole rings is 1. The number of aliphatic hydroxyl groups is 1. The molecule has 1 unspecified atom stereocenters. The Kier molecular flexibility index (Phi) is 4.45. The van der Waals surface area contributed by atoms with E-state index in [2.05, 4.69) is 26.8 Å². The number of hydrogen-bond acceptors (Lipinski definition) is 6. The lowest BCUT2D eigenvalue weighted by Gasteiger charge is -2.17. The molecule has 8 heteroatoms. The molecule has 2 saturated carbocycles. The van der Waals surface area contributed by atoms with Crippen LogP contribution in [0.15, 0.2) is 6.33 Å². The largest absolute Gasteiger partial charge is 0.393 e. The standard InChI is InChI=1S/C20H28N6O2/c1-2-26-18(13-5-6-15(27)9-13)24-16-17(21-11-22-19(16)26)23-14-7-8-25(10-14)20(28)12-3-4-12/h11-15,27H,2-10H2,1H3,(H,21,22,23)/t13?,14-,15+/m0/s1. The van der Waals surface area contributed by atoms with Crippen LogP contribution in [0.5, 0.6) is 0 Å². The lowest BCUT2D eigenvalue weighted by atomic mass is 10.1. The number of rotatable bonds is 5. The number of aliphatic hydroxyl groups excluding tert-OH is 1. The van der Waals surface area contributed by atoms with E-state index in [0.717, 1.165) is 81.0 Å². The Morgan fingerprint density at radius 2 is 2.11 bits per heavy atom. The highest BCUT2D eigenvalue weighted by molar-refractivity contribution is 5.84. The molecule has 1 amide bonds. The number of nitrogens with one attached hydrogen (secondary N) is 1. The molecule has 2 N–H and O–H groups in total. The molecule has 0 bridgehead atoms. The SMILES string of the molecule is CCn1c(C2CC[C@@H](O)C2)nc2c(N[C@H]3CCN(C(=O)C4CC4)C3)ncnc21. The van der Waals surface area contributed by atoms with E-state index in [0.29, 0.717) is 5.91 Å². The molecule has 3 fully saturated rings. The number of amides is 1. The minimum atomic E-state index is -0.229. The van der Waals surface area contributed by atoms with Crippen molar-refractivity contribution < 1.29 is 9.90 Å². The van der Waals surface area contributed by atoms with Gasteiger partial charge >= 0.3 is 0 Å². The van der Waals surface area contributed by atoms with Crippen LogP contribution < -0.4 is 5.32 Å². The third-order valence-corrected chi connectivity index (χ3v) is 6.42. The zero-order valence-corrected chi connectivity index (χ0v) is 16.3. The Morgan fingerprint density at radius 1 is 1.25 bits per heavy atom. The maximum atomic E-state index is 12.3. The van der Waals surface area contributed by atoms with Crippen LogP contribution in [-0.4, -0.2) is 60.7 Å². The highest BCUT2D eigenvalue weighted by Gasteiger charge is 2.37. The van der Waals surface area contributed by atoms with E-state index in [-0.39, 0.29) is 24.0 Å². The molecule has 1 saturated heterocycles. The van der Waals surface area contributed by atoms with Crippen molar-refractivity contribution in [3.8, 4) is 0 Å². The van der Waals surface area contributed by atoms with Gasteiger partial charge in [0.15, 0.2) is 17.0 Å². The van der Waals surface area contributed by atoms with Gasteiger partial charge in [0, 0.05) is 37.5 Å². The smallest absolute Gasteiger partial charge is 0.225 e. The molecule has 8 nitrogen and oxygen atoms in total. The van der Waals surface area contributed by atoms with Crippen molar-refractivity contribution in [2.45, 2.75) is 70.1 Å². The van der Waals surface area contributed by atoms with E-state index in [1.54, 1.807) is 6.33 Å². The third-order valence-electron chi connectivity index (χ3n) is 6.42. The molecule has 3 heterocycles. The van der Waals surface area contributed by atoms with E-state index in [9.17, 15) is 9.90 Å². The lowest BCUT2D eigenvalue weighted by molar-refractivity contribution is -0.131.